The van der Waals surface area contributed by atoms with E-state index in [-0.39, 0.29) is 52.4 Å². The average Bonchev–Trinajstić information content (AvgIpc) is 2.79. The number of hydrogen-bond donors (Lipinski definition) is 4. The Morgan fingerprint density at radius 3 is 1.97 bits per heavy atom. The van der Waals surface area contributed by atoms with E-state index in [2.05, 4.69) is 21.3 Å². The molecule has 0 saturated heterocycles. The Morgan fingerprint density at radius 1 is 0.750 bits per heavy atom. The maximum absolute atomic E-state index is 11.7. The number of carbonyl (C=O) groups is 5. The summed E-state index contributed by atoms with van der Waals surface area (Å²) in [5, 5.41) is 9.31. The zero-order chi connectivity index (χ0) is 23.6. The Balaban J connectivity index is 2.06. The van der Waals surface area contributed by atoms with Gasteiger partial charge in [-0.1, -0.05) is 30.3 Å². The van der Waals surface area contributed by atoms with Crippen molar-refractivity contribution in [3.05, 3.63) is 35.9 Å². The second-order valence-electron chi connectivity index (χ2n) is 6.28. The molecule has 0 aliphatic carbocycles. The quantitative estimate of drug-likeness (QED) is 0.203. The van der Waals surface area contributed by atoms with Gasteiger partial charge in [-0.15, -0.1) is 0 Å². The lowest BCUT2D eigenvalue weighted by Crippen LogP contribution is -2.44. The highest BCUT2D eigenvalue weighted by Gasteiger charge is 2.10. The van der Waals surface area contributed by atoms with Crippen LogP contribution in [-0.4, -0.2) is 76.3 Å². The van der Waals surface area contributed by atoms with E-state index in [4.69, 9.17) is 14.2 Å². The molecule has 0 fully saturated rings. The summed E-state index contributed by atoms with van der Waals surface area (Å²) < 4.78 is 14.5. The fraction of sp³-hybridized carbons (Fsp3) is 0.450. The van der Waals surface area contributed by atoms with E-state index < -0.39 is 29.8 Å². The molecule has 0 aliphatic rings. The van der Waals surface area contributed by atoms with Gasteiger partial charge < -0.3 is 35.5 Å². The first-order chi connectivity index (χ1) is 15.4. The van der Waals surface area contributed by atoms with Crippen LogP contribution >= 0.6 is 0 Å². The fourth-order valence-electron chi connectivity index (χ4n) is 2.09. The Kier molecular flexibility index (Phi) is 13.2. The number of esters is 1. The van der Waals surface area contributed by atoms with Crippen LogP contribution in [0, 0.1) is 0 Å². The maximum atomic E-state index is 11.7. The lowest BCUT2D eigenvalue weighted by atomic mass is 10.2. The second-order valence-corrected chi connectivity index (χ2v) is 6.28. The standard InChI is InChI=1S/C20H28N4O8/c1-30-9-10-31-19(28)7-8-21-16(25)11-22-17(26)12-23-18(27)13-24-20(29)32-14-15-5-3-2-4-6-15/h2-6H,7-14H2,1H3,(H,21,25)(H,22,26)(H,23,27)(H,24,29). The van der Waals surface area contributed by atoms with Crippen LogP contribution in [0.5, 0.6) is 0 Å². The molecule has 0 radical (unpaired) electrons. The van der Waals surface area contributed by atoms with E-state index in [0.29, 0.717) is 0 Å². The van der Waals surface area contributed by atoms with Crippen molar-refractivity contribution in [3.8, 4) is 0 Å². The molecule has 4 N–H and O–H groups in total. The van der Waals surface area contributed by atoms with Crippen molar-refractivity contribution in [1.82, 2.24) is 21.3 Å². The van der Waals surface area contributed by atoms with Crippen LogP contribution in [0.2, 0.25) is 0 Å². The molecular formula is C20H28N4O8. The zero-order valence-electron chi connectivity index (χ0n) is 17.8. The topological polar surface area (TPSA) is 161 Å². The summed E-state index contributed by atoms with van der Waals surface area (Å²) in [5.74, 6) is -2.18. The van der Waals surface area contributed by atoms with Crippen LogP contribution in [0.4, 0.5) is 4.79 Å². The Morgan fingerprint density at radius 2 is 1.34 bits per heavy atom. The number of nitrogens with one attached hydrogen (secondary N) is 4. The maximum Gasteiger partial charge on any atom is 0.407 e. The first-order valence-corrected chi connectivity index (χ1v) is 9.80. The molecular weight excluding hydrogens is 424 g/mol. The molecule has 0 heterocycles. The predicted molar refractivity (Wildman–Crippen MR) is 111 cm³/mol. The van der Waals surface area contributed by atoms with Crippen LogP contribution in [0.3, 0.4) is 0 Å². The predicted octanol–water partition coefficient (Wildman–Crippen LogP) is -1.16. The first-order valence-electron chi connectivity index (χ1n) is 9.80. The molecule has 0 aromatic heterocycles. The number of carbonyl (C=O) groups excluding carboxylic acids is 5. The van der Waals surface area contributed by atoms with Crippen LogP contribution in [0.25, 0.3) is 0 Å². The van der Waals surface area contributed by atoms with Crippen LogP contribution in [-0.2, 0) is 40.0 Å². The van der Waals surface area contributed by atoms with Gasteiger partial charge in [0.2, 0.25) is 17.7 Å². The minimum atomic E-state index is -0.771. The molecule has 1 rings (SSSR count). The molecule has 12 heteroatoms. The number of rotatable bonds is 14. The van der Waals surface area contributed by atoms with E-state index in [1.54, 1.807) is 24.3 Å². The van der Waals surface area contributed by atoms with Crippen LogP contribution < -0.4 is 21.3 Å². The van der Waals surface area contributed by atoms with Gasteiger partial charge in [-0.05, 0) is 5.56 Å². The van der Waals surface area contributed by atoms with Crippen molar-refractivity contribution in [1.29, 1.82) is 0 Å². The summed E-state index contributed by atoms with van der Waals surface area (Å²) in [7, 11) is 1.48. The Hall–Kier alpha value is -3.67. The summed E-state index contributed by atoms with van der Waals surface area (Å²) in [6.45, 7) is -0.528. The molecule has 1 aromatic carbocycles. The van der Waals surface area contributed by atoms with Crippen molar-refractivity contribution in [2.24, 2.45) is 0 Å². The van der Waals surface area contributed by atoms with Crippen molar-refractivity contribution >= 4 is 29.8 Å². The van der Waals surface area contributed by atoms with Gasteiger partial charge in [0.1, 0.15) is 19.8 Å². The largest absolute Gasteiger partial charge is 0.463 e. The number of alkyl carbamates (subject to hydrolysis) is 1. The molecule has 1 aromatic rings. The molecule has 0 atom stereocenters. The number of benzene rings is 1. The molecule has 0 bridgehead atoms. The molecule has 0 saturated carbocycles. The third-order valence-corrected chi connectivity index (χ3v) is 3.70. The van der Waals surface area contributed by atoms with Crippen LogP contribution in [0.15, 0.2) is 30.3 Å². The third-order valence-electron chi connectivity index (χ3n) is 3.70. The van der Waals surface area contributed by atoms with Gasteiger partial charge in [0.15, 0.2) is 0 Å². The summed E-state index contributed by atoms with van der Waals surface area (Å²) in [6.07, 6.45) is -0.784. The van der Waals surface area contributed by atoms with E-state index in [1.807, 2.05) is 6.07 Å². The molecule has 176 valence electrons. The van der Waals surface area contributed by atoms with Gasteiger partial charge in [-0.25, -0.2) is 4.79 Å². The molecule has 32 heavy (non-hydrogen) atoms. The van der Waals surface area contributed by atoms with Gasteiger partial charge in [-0.2, -0.15) is 0 Å². The number of hydrogen-bond acceptors (Lipinski definition) is 8. The third kappa shape index (κ3) is 13.5. The second kappa shape index (κ2) is 16.1. The SMILES string of the molecule is COCCOC(=O)CCNC(=O)CNC(=O)CNC(=O)CNC(=O)OCc1ccccc1. The lowest BCUT2D eigenvalue weighted by Gasteiger charge is -2.09. The van der Waals surface area contributed by atoms with E-state index in [9.17, 15) is 24.0 Å². The Bertz CT molecular complexity index is 757. The fourth-order valence-corrected chi connectivity index (χ4v) is 2.09. The molecule has 12 nitrogen and oxygen atoms in total. The highest BCUT2D eigenvalue weighted by molar-refractivity contribution is 5.89. The highest BCUT2D eigenvalue weighted by atomic mass is 16.6. The zero-order valence-corrected chi connectivity index (χ0v) is 17.8. The van der Waals surface area contributed by atoms with Crippen molar-refractivity contribution in [3.63, 3.8) is 0 Å². The number of amides is 4. The minimum absolute atomic E-state index is 0.0136. The van der Waals surface area contributed by atoms with Crippen molar-refractivity contribution in [2.75, 3.05) is 46.5 Å². The normalized spacial score (nSPS) is 9.91. The molecule has 0 spiro atoms. The van der Waals surface area contributed by atoms with E-state index in [0.717, 1.165) is 5.56 Å². The Labute approximate surface area is 185 Å². The summed E-state index contributed by atoms with van der Waals surface area (Å²) in [4.78, 5) is 57.9. The summed E-state index contributed by atoms with van der Waals surface area (Å²) in [5.41, 5.74) is 0.801. The van der Waals surface area contributed by atoms with Gasteiger partial charge >= 0.3 is 12.1 Å². The highest BCUT2D eigenvalue weighted by Crippen LogP contribution is 2.00. The first kappa shape index (κ1) is 26.4. The van der Waals surface area contributed by atoms with Gasteiger partial charge in [0.25, 0.3) is 0 Å². The van der Waals surface area contributed by atoms with Crippen LogP contribution in [0.1, 0.15) is 12.0 Å². The number of ether oxygens (including phenoxy) is 3. The summed E-state index contributed by atoms with van der Waals surface area (Å²) in [6, 6.07) is 9.02. The lowest BCUT2D eigenvalue weighted by molar-refractivity contribution is -0.144. The minimum Gasteiger partial charge on any atom is -0.463 e. The monoisotopic (exact) mass is 452 g/mol. The smallest absolute Gasteiger partial charge is 0.407 e. The molecule has 4 amide bonds. The summed E-state index contributed by atoms with van der Waals surface area (Å²) >= 11 is 0. The average molecular weight is 452 g/mol. The van der Waals surface area contributed by atoms with Gasteiger partial charge in [0.05, 0.1) is 26.1 Å². The van der Waals surface area contributed by atoms with E-state index in [1.165, 1.54) is 7.11 Å². The number of methoxy groups -OCH3 is 1. The van der Waals surface area contributed by atoms with Gasteiger partial charge in [-0.3, -0.25) is 19.2 Å². The molecule has 0 unspecified atom stereocenters. The van der Waals surface area contributed by atoms with Crippen molar-refractivity contribution in [2.45, 2.75) is 13.0 Å². The molecule has 0 aliphatic heterocycles. The van der Waals surface area contributed by atoms with Crippen molar-refractivity contribution < 1.29 is 38.2 Å². The van der Waals surface area contributed by atoms with Gasteiger partial charge in [0, 0.05) is 13.7 Å². The van der Waals surface area contributed by atoms with E-state index >= 15 is 0 Å².